The van der Waals surface area contributed by atoms with Crippen LogP contribution < -0.4 is 5.73 Å². The zero-order valence-electron chi connectivity index (χ0n) is 10.7. The van der Waals surface area contributed by atoms with Crippen molar-refractivity contribution in [3.63, 3.8) is 0 Å². The third-order valence-electron chi connectivity index (χ3n) is 2.86. The van der Waals surface area contributed by atoms with Gasteiger partial charge in [0.25, 0.3) is 0 Å². The Morgan fingerprint density at radius 1 is 1.20 bits per heavy atom. The molecule has 0 radical (unpaired) electrons. The first-order chi connectivity index (χ1) is 9.29. The highest BCUT2D eigenvalue weighted by Crippen LogP contribution is 2.26. The SMILES string of the molecule is Cc1ccc(CS(=O)(=O)c2ccc(F)cc2N)c(Cl)c1. The average Bonchev–Trinajstić information content (AvgIpc) is 2.32. The van der Waals surface area contributed by atoms with Gasteiger partial charge in [-0.25, -0.2) is 12.8 Å². The molecule has 0 amide bonds. The van der Waals surface area contributed by atoms with Crippen molar-refractivity contribution in [2.45, 2.75) is 17.6 Å². The standard InChI is InChI=1S/C14H13ClFNO2S/c1-9-2-3-10(12(15)6-9)8-20(18,19)14-5-4-11(16)7-13(14)17/h2-7H,8,17H2,1H3. The Hall–Kier alpha value is -1.59. The normalized spacial score (nSPS) is 11.6. The van der Waals surface area contributed by atoms with Crippen molar-refractivity contribution < 1.29 is 12.8 Å². The zero-order chi connectivity index (χ0) is 14.9. The maximum Gasteiger partial charge on any atom is 0.184 e. The predicted octanol–water partition coefficient (Wildman–Crippen LogP) is 3.34. The van der Waals surface area contributed by atoms with Gasteiger partial charge in [0.1, 0.15) is 5.82 Å². The molecule has 6 heteroatoms. The van der Waals surface area contributed by atoms with Crippen LogP contribution in [0, 0.1) is 12.7 Å². The van der Waals surface area contributed by atoms with Gasteiger partial charge < -0.3 is 5.73 Å². The lowest BCUT2D eigenvalue weighted by molar-refractivity contribution is 0.594. The van der Waals surface area contributed by atoms with Crippen LogP contribution >= 0.6 is 11.6 Å². The van der Waals surface area contributed by atoms with E-state index in [2.05, 4.69) is 0 Å². The lowest BCUT2D eigenvalue weighted by Crippen LogP contribution is -2.08. The number of sulfone groups is 1. The number of benzene rings is 2. The number of nitrogens with two attached hydrogens (primary N) is 1. The van der Waals surface area contributed by atoms with Crippen LogP contribution in [-0.4, -0.2) is 8.42 Å². The monoisotopic (exact) mass is 313 g/mol. The summed E-state index contributed by atoms with van der Waals surface area (Å²) >= 11 is 6.03. The third kappa shape index (κ3) is 3.11. The van der Waals surface area contributed by atoms with E-state index in [9.17, 15) is 12.8 Å². The van der Waals surface area contributed by atoms with Crippen molar-refractivity contribution >= 4 is 27.1 Å². The molecule has 3 nitrogen and oxygen atoms in total. The van der Waals surface area contributed by atoms with E-state index in [0.29, 0.717) is 10.6 Å². The highest BCUT2D eigenvalue weighted by atomic mass is 35.5. The summed E-state index contributed by atoms with van der Waals surface area (Å²) < 4.78 is 37.6. The predicted molar refractivity (Wildman–Crippen MR) is 77.9 cm³/mol. The molecule has 0 aromatic heterocycles. The van der Waals surface area contributed by atoms with Crippen LogP contribution in [0.2, 0.25) is 5.02 Å². The van der Waals surface area contributed by atoms with Gasteiger partial charge in [0.2, 0.25) is 0 Å². The van der Waals surface area contributed by atoms with Crippen molar-refractivity contribution in [1.29, 1.82) is 0 Å². The molecule has 0 spiro atoms. The summed E-state index contributed by atoms with van der Waals surface area (Å²) in [6.07, 6.45) is 0. The molecule has 0 atom stereocenters. The molecule has 20 heavy (non-hydrogen) atoms. The molecule has 0 saturated heterocycles. The molecular weight excluding hydrogens is 301 g/mol. The fourth-order valence-corrected chi connectivity index (χ4v) is 3.75. The van der Waals surface area contributed by atoms with E-state index in [0.717, 1.165) is 17.7 Å². The Morgan fingerprint density at radius 2 is 1.90 bits per heavy atom. The summed E-state index contributed by atoms with van der Waals surface area (Å²) in [7, 11) is -3.67. The first-order valence-corrected chi connectivity index (χ1v) is 7.85. The van der Waals surface area contributed by atoms with Crippen LogP contribution in [0.1, 0.15) is 11.1 Å². The number of aryl methyl sites for hydroxylation is 1. The van der Waals surface area contributed by atoms with Crippen molar-refractivity contribution in [1.82, 2.24) is 0 Å². The highest BCUT2D eigenvalue weighted by molar-refractivity contribution is 7.90. The Labute approximate surface area is 122 Å². The summed E-state index contributed by atoms with van der Waals surface area (Å²) in [6.45, 7) is 1.86. The van der Waals surface area contributed by atoms with Crippen LogP contribution in [-0.2, 0) is 15.6 Å². The molecule has 0 saturated carbocycles. The van der Waals surface area contributed by atoms with E-state index >= 15 is 0 Å². The minimum atomic E-state index is -3.67. The molecule has 2 rings (SSSR count). The van der Waals surface area contributed by atoms with E-state index in [1.165, 1.54) is 6.07 Å². The number of anilines is 1. The maximum absolute atomic E-state index is 13.0. The van der Waals surface area contributed by atoms with Gasteiger partial charge >= 0.3 is 0 Å². The quantitative estimate of drug-likeness (QED) is 0.698. The third-order valence-corrected chi connectivity index (χ3v) is 4.95. The molecule has 2 aromatic carbocycles. The van der Waals surface area contributed by atoms with Crippen LogP contribution in [0.25, 0.3) is 0 Å². The van der Waals surface area contributed by atoms with Crippen molar-refractivity contribution in [3.05, 3.63) is 58.4 Å². The molecule has 0 bridgehead atoms. The van der Waals surface area contributed by atoms with Crippen LogP contribution in [0.15, 0.2) is 41.3 Å². The van der Waals surface area contributed by atoms with Crippen molar-refractivity contribution in [2.24, 2.45) is 0 Å². The Kier molecular flexibility index (Phi) is 4.01. The van der Waals surface area contributed by atoms with Crippen LogP contribution in [0.5, 0.6) is 0 Å². The number of hydrogen-bond acceptors (Lipinski definition) is 3. The van der Waals surface area contributed by atoms with Crippen LogP contribution in [0.4, 0.5) is 10.1 Å². The maximum atomic E-state index is 13.0. The van der Waals surface area contributed by atoms with Crippen molar-refractivity contribution in [3.8, 4) is 0 Å². The smallest absolute Gasteiger partial charge is 0.184 e. The first kappa shape index (κ1) is 14.8. The second-order valence-corrected chi connectivity index (χ2v) is 6.90. The fourth-order valence-electron chi connectivity index (χ4n) is 1.85. The number of rotatable bonds is 3. The molecule has 0 aliphatic heterocycles. The Bertz CT molecular complexity index is 760. The molecule has 0 heterocycles. The summed E-state index contributed by atoms with van der Waals surface area (Å²) in [4.78, 5) is -0.0875. The van der Waals surface area contributed by atoms with Gasteiger partial charge in [-0.2, -0.15) is 0 Å². The van der Waals surface area contributed by atoms with E-state index < -0.39 is 15.7 Å². The molecule has 2 aromatic rings. The molecular formula is C14H13ClFNO2S. The Morgan fingerprint density at radius 3 is 2.50 bits per heavy atom. The first-order valence-electron chi connectivity index (χ1n) is 5.82. The summed E-state index contributed by atoms with van der Waals surface area (Å²) in [5.74, 6) is -0.850. The Balaban J connectivity index is 2.41. The van der Waals surface area contributed by atoms with Crippen molar-refractivity contribution in [2.75, 3.05) is 5.73 Å². The van der Waals surface area contributed by atoms with Gasteiger partial charge in [0.05, 0.1) is 16.3 Å². The molecule has 0 unspecified atom stereocenters. The van der Waals surface area contributed by atoms with Gasteiger partial charge in [-0.1, -0.05) is 23.7 Å². The lowest BCUT2D eigenvalue weighted by Gasteiger charge is -2.09. The lowest BCUT2D eigenvalue weighted by atomic mass is 10.2. The second kappa shape index (κ2) is 5.42. The van der Waals surface area contributed by atoms with Gasteiger partial charge in [0, 0.05) is 5.02 Å². The van der Waals surface area contributed by atoms with E-state index in [4.69, 9.17) is 17.3 Å². The van der Waals surface area contributed by atoms with E-state index in [-0.39, 0.29) is 16.3 Å². The summed E-state index contributed by atoms with van der Waals surface area (Å²) in [5.41, 5.74) is 6.90. The summed E-state index contributed by atoms with van der Waals surface area (Å²) in [6, 6.07) is 8.37. The molecule has 0 aliphatic rings. The minimum Gasteiger partial charge on any atom is -0.398 e. The van der Waals surface area contributed by atoms with Gasteiger partial charge in [-0.3, -0.25) is 0 Å². The molecule has 2 N–H and O–H groups in total. The van der Waals surface area contributed by atoms with Gasteiger partial charge in [-0.05, 0) is 42.3 Å². The fraction of sp³-hybridized carbons (Fsp3) is 0.143. The van der Waals surface area contributed by atoms with Crippen LogP contribution in [0.3, 0.4) is 0 Å². The van der Waals surface area contributed by atoms with Gasteiger partial charge in [-0.15, -0.1) is 0 Å². The average molecular weight is 314 g/mol. The second-order valence-electron chi connectivity index (χ2n) is 4.54. The van der Waals surface area contributed by atoms with E-state index in [1.807, 2.05) is 6.92 Å². The zero-order valence-corrected chi connectivity index (χ0v) is 12.3. The largest absolute Gasteiger partial charge is 0.398 e. The molecule has 0 aliphatic carbocycles. The molecule has 106 valence electrons. The number of hydrogen-bond donors (Lipinski definition) is 1. The topological polar surface area (TPSA) is 60.2 Å². The highest BCUT2D eigenvalue weighted by Gasteiger charge is 2.20. The number of nitrogen functional groups attached to an aromatic ring is 1. The summed E-state index contributed by atoms with van der Waals surface area (Å²) in [5, 5.41) is 0.384. The van der Waals surface area contributed by atoms with Gasteiger partial charge in [0.15, 0.2) is 9.84 Å². The molecule has 0 fully saturated rings. The minimum absolute atomic E-state index is 0.0875. The van der Waals surface area contributed by atoms with E-state index in [1.54, 1.807) is 18.2 Å². The number of halogens is 2.